The Morgan fingerprint density at radius 1 is 1.12 bits per heavy atom. The molecule has 0 saturated carbocycles. The maximum atomic E-state index is 13.0. The van der Waals surface area contributed by atoms with E-state index < -0.39 is 16.1 Å². The quantitative estimate of drug-likeness (QED) is 0.897. The molecule has 1 amide bonds. The second-order valence-corrected chi connectivity index (χ2v) is 8.01. The number of anilines is 1. The first-order chi connectivity index (χ1) is 12.5. The van der Waals surface area contributed by atoms with Crippen molar-refractivity contribution in [1.82, 2.24) is 4.31 Å². The zero-order valence-electron chi connectivity index (χ0n) is 14.1. The number of rotatable bonds is 4. The fourth-order valence-corrected chi connectivity index (χ4v) is 4.75. The van der Waals surface area contributed by atoms with Crippen molar-refractivity contribution in [3.63, 3.8) is 0 Å². The van der Waals surface area contributed by atoms with Crippen molar-refractivity contribution in [3.05, 3.63) is 60.2 Å². The van der Waals surface area contributed by atoms with E-state index in [1.165, 1.54) is 16.4 Å². The van der Waals surface area contributed by atoms with Crippen LogP contribution in [0.4, 0.5) is 5.69 Å². The van der Waals surface area contributed by atoms with Gasteiger partial charge in [-0.2, -0.15) is 9.57 Å². The van der Waals surface area contributed by atoms with Crippen LogP contribution in [0.2, 0.25) is 0 Å². The summed E-state index contributed by atoms with van der Waals surface area (Å²) in [7, 11) is -3.74. The van der Waals surface area contributed by atoms with Gasteiger partial charge in [-0.15, -0.1) is 0 Å². The number of amides is 1. The fraction of sp³-hybridized carbons (Fsp3) is 0.263. The first kappa shape index (κ1) is 18.1. The second kappa shape index (κ2) is 7.68. The topological polar surface area (TPSA) is 90.3 Å². The molecule has 134 valence electrons. The summed E-state index contributed by atoms with van der Waals surface area (Å²) in [5.74, 6) is -0.376. The predicted octanol–water partition coefficient (Wildman–Crippen LogP) is 2.74. The Morgan fingerprint density at radius 3 is 2.62 bits per heavy atom. The van der Waals surface area contributed by atoms with E-state index in [2.05, 4.69) is 5.32 Å². The summed E-state index contributed by atoms with van der Waals surface area (Å²) in [6, 6.07) is 16.0. The van der Waals surface area contributed by atoms with Crippen LogP contribution in [0.5, 0.6) is 0 Å². The van der Waals surface area contributed by atoms with Gasteiger partial charge in [-0.05, 0) is 43.2 Å². The highest BCUT2D eigenvalue weighted by atomic mass is 32.2. The van der Waals surface area contributed by atoms with Crippen molar-refractivity contribution >= 4 is 21.6 Å². The minimum atomic E-state index is -3.74. The van der Waals surface area contributed by atoms with Gasteiger partial charge < -0.3 is 5.32 Å². The number of nitriles is 1. The lowest BCUT2D eigenvalue weighted by Crippen LogP contribution is -2.49. The Labute approximate surface area is 153 Å². The molecule has 0 aliphatic carbocycles. The standard InChI is InChI=1S/C19H19N3O3S/c20-14-15-7-6-8-16(13-15)21-19(23)18-11-4-5-12-22(18)26(24,25)17-9-2-1-3-10-17/h1-3,6-10,13,18H,4-5,11-12H2,(H,21,23). The molecule has 1 aliphatic heterocycles. The summed E-state index contributed by atoms with van der Waals surface area (Å²) in [6.07, 6.45) is 1.98. The minimum Gasteiger partial charge on any atom is -0.325 e. The number of carbonyl (C=O) groups is 1. The highest BCUT2D eigenvalue weighted by Crippen LogP contribution is 2.26. The zero-order valence-corrected chi connectivity index (χ0v) is 14.9. The number of sulfonamides is 1. The molecule has 1 saturated heterocycles. The van der Waals surface area contributed by atoms with Crippen LogP contribution >= 0.6 is 0 Å². The van der Waals surface area contributed by atoms with Gasteiger partial charge in [0.15, 0.2) is 0 Å². The molecule has 0 spiro atoms. The van der Waals surface area contributed by atoms with E-state index in [1.54, 1.807) is 42.5 Å². The molecule has 3 rings (SSSR count). The summed E-state index contributed by atoms with van der Waals surface area (Å²) in [5, 5.41) is 11.7. The predicted molar refractivity (Wildman–Crippen MR) is 97.8 cm³/mol. The number of nitrogens with one attached hydrogen (secondary N) is 1. The third-order valence-corrected chi connectivity index (χ3v) is 6.29. The maximum absolute atomic E-state index is 13.0. The lowest BCUT2D eigenvalue weighted by atomic mass is 10.0. The van der Waals surface area contributed by atoms with Gasteiger partial charge in [0.2, 0.25) is 15.9 Å². The lowest BCUT2D eigenvalue weighted by Gasteiger charge is -2.33. The Bertz CT molecular complexity index is 936. The molecule has 2 aromatic carbocycles. The fourth-order valence-electron chi connectivity index (χ4n) is 3.07. The van der Waals surface area contributed by atoms with Gasteiger partial charge in [0, 0.05) is 12.2 Å². The third kappa shape index (κ3) is 3.77. The third-order valence-electron chi connectivity index (χ3n) is 4.37. The smallest absolute Gasteiger partial charge is 0.243 e. The Balaban J connectivity index is 1.85. The van der Waals surface area contributed by atoms with E-state index in [-0.39, 0.29) is 10.8 Å². The van der Waals surface area contributed by atoms with Gasteiger partial charge in [0.05, 0.1) is 16.5 Å². The molecule has 0 radical (unpaired) electrons. The molecule has 1 atom stereocenters. The Kier molecular flexibility index (Phi) is 5.35. The highest BCUT2D eigenvalue weighted by molar-refractivity contribution is 7.89. The first-order valence-electron chi connectivity index (χ1n) is 8.40. The number of benzene rings is 2. The number of hydrogen-bond donors (Lipinski definition) is 1. The van der Waals surface area contributed by atoms with E-state index in [1.807, 2.05) is 6.07 Å². The number of carbonyl (C=O) groups excluding carboxylic acids is 1. The summed E-state index contributed by atoms with van der Waals surface area (Å²) in [6.45, 7) is 0.313. The van der Waals surface area contributed by atoms with E-state index in [0.29, 0.717) is 24.2 Å². The van der Waals surface area contributed by atoms with Crippen LogP contribution in [-0.2, 0) is 14.8 Å². The van der Waals surface area contributed by atoms with E-state index >= 15 is 0 Å². The van der Waals surface area contributed by atoms with Crippen LogP contribution < -0.4 is 5.32 Å². The average Bonchev–Trinajstić information content (AvgIpc) is 2.68. The minimum absolute atomic E-state index is 0.186. The van der Waals surface area contributed by atoms with Crippen LogP contribution in [0.1, 0.15) is 24.8 Å². The molecule has 1 fully saturated rings. The molecule has 2 aromatic rings. The Hall–Kier alpha value is -2.69. The van der Waals surface area contributed by atoms with Gasteiger partial charge >= 0.3 is 0 Å². The molecule has 6 nitrogen and oxygen atoms in total. The van der Waals surface area contributed by atoms with Gasteiger partial charge in [-0.3, -0.25) is 4.79 Å². The van der Waals surface area contributed by atoms with Crippen molar-refractivity contribution in [2.75, 3.05) is 11.9 Å². The molecule has 7 heteroatoms. The Morgan fingerprint density at radius 2 is 1.88 bits per heavy atom. The first-order valence-corrected chi connectivity index (χ1v) is 9.84. The van der Waals surface area contributed by atoms with Crippen LogP contribution in [-0.4, -0.2) is 31.2 Å². The van der Waals surface area contributed by atoms with Crippen LogP contribution in [0, 0.1) is 11.3 Å². The molecular formula is C19H19N3O3S. The monoisotopic (exact) mass is 369 g/mol. The van der Waals surface area contributed by atoms with Crippen molar-refractivity contribution < 1.29 is 13.2 Å². The highest BCUT2D eigenvalue weighted by Gasteiger charge is 2.37. The molecule has 0 aromatic heterocycles. The van der Waals surface area contributed by atoms with Gasteiger partial charge in [-0.1, -0.05) is 30.7 Å². The number of hydrogen-bond acceptors (Lipinski definition) is 4. The average molecular weight is 369 g/mol. The van der Waals surface area contributed by atoms with Crippen LogP contribution in [0.3, 0.4) is 0 Å². The second-order valence-electron chi connectivity index (χ2n) is 6.12. The molecular weight excluding hydrogens is 350 g/mol. The van der Waals surface area contributed by atoms with Crippen LogP contribution in [0.15, 0.2) is 59.5 Å². The van der Waals surface area contributed by atoms with Gasteiger partial charge in [0.25, 0.3) is 0 Å². The van der Waals surface area contributed by atoms with E-state index in [9.17, 15) is 13.2 Å². The molecule has 1 aliphatic rings. The van der Waals surface area contributed by atoms with Gasteiger partial charge in [0.1, 0.15) is 6.04 Å². The summed E-state index contributed by atoms with van der Waals surface area (Å²) >= 11 is 0. The van der Waals surface area contributed by atoms with Gasteiger partial charge in [-0.25, -0.2) is 8.42 Å². The SMILES string of the molecule is N#Cc1cccc(NC(=O)C2CCCCN2S(=O)(=O)c2ccccc2)c1. The molecule has 0 bridgehead atoms. The van der Waals surface area contributed by atoms with Crippen molar-refractivity contribution in [1.29, 1.82) is 5.26 Å². The summed E-state index contributed by atoms with van der Waals surface area (Å²) in [4.78, 5) is 12.9. The lowest BCUT2D eigenvalue weighted by molar-refractivity contribution is -0.120. The maximum Gasteiger partial charge on any atom is 0.243 e. The van der Waals surface area contributed by atoms with E-state index in [0.717, 1.165) is 12.8 Å². The van der Waals surface area contributed by atoms with E-state index in [4.69, 9.17) is 5.26 Å². The zero-order chi connectivity index (χ0) is 18.6. The largest absolute Gasteiger partial charge is 0.325 e. The molecule has 1 heterocycles. The summed E-state index contributed by atoms with van der Waals surface area (Å²) in [5.41, 5.74) is 0.914. The summed E-state index contributed by atoms with van der Waals surface area (Å²) < 4.78 is 27.2. The molecule has 1 N–H and O–H groups in total. The van der Waals surface area contributed by atoms with Crippen molar-refractivity contribution in [2.24, 2.45) is 0 Å². The van der Waals surface area contributed by atoms with Crippen LogP contribution in [0.25, 0.3) is 0 Å². The van der Waals surface area contributed by atoms with Crippen molar-refractivity contribution in [2.45, 2.75) is 30.2 Å². The molecule has 1 unspecified atom stereocenters. The number of piperidine rings is 1. The van der Waals surface area contributed by atoms with Crippen molar-refractivity contribution in [3.8, 4) is 6.07 Å². The normalized spacial score (nSPS) is 18.0. The number of nitrogens with zero attached hydrogens (tertiary/aromatic N) is 2. The molecule has 26 heavy (non-hydrogen) atoms.